The Morgan fingerprint density at radius 3 is 2.89 bits per heavy atom. The minimum atomic E-state index is 0.0926. The molecule has 0 saturated carbocycles. The average Bonchev–Trinajstić information content (AvgIpc) is 2.80. The van der Waals surface area contributed by atoms with E-state index in [-0.39, 0.29) is 6.04 Å². The predicted octanol–water partition coefficient (Wildman–Crippen LogP) is 3.35. The van der Waals surface area contributed by atoms with E-state index in [0.29, 0.717) is 0 Å². The van der Waals surface area contributed by atoms with Gasteiger partial charge in [0.1, 0.15) is 5.75 Å². The van der Waals surface area contributed by atoms with E-state index in [1.165, 1.54) is 0 Å². The van der Waals surface area contributed by atoms with Gasteiger partial charge < -0.3 is 10.5 Å². The Kier molecular flexibility index (Phi) is 4.61. The summed E-state index contributed by atoms with van der Waals surface area (Å²) in [6.45, 7) is 4.86. The van der Waals surface area contributed by atoms with Crippen LogP contribution in [0.2, 0.25) is 0 Å². The lowest BCUT2D eigenvalue weighted by Crippen LogP contribution is -2.18. The number of ether oxygens (including phenoxy) is 1. The van der Waals surface area contributed by atoms with Crippen LogP contribution in [-0.2, 0) is 13.0 Å². The Hall–Kier alpha value is -1.33. The third kappa shape index (κ3) is 3.81. The minimum Gasteiger partial charge on any atom is -0.454 e. The van der Waals surface area contributed by atoms with Gasteiger partial charge >= 0.3 is 0 Å². The van der Waals surface area contributed by atoms with E-state index < -0.39 is 0 Å². The van der Waals surface area contributed by atoms with Crippen LogP contribution >= 0.6 is 15.9 Å². The molecule has 1 atom stereocenters. The van der Waals surface area contributed by atoms with Crippen molar-refractivity contribution in [1.29, 1.82) is 0 Å². The molecule has 4 nitrogen and oxygen atoms in total. The Balaban J connectivity index is 2.23. The molecule has 0 spiro atoms. The molecule has 1 heterocycles. The van der Waals surface area contributed by atoms with Gasteiger partial charge in [0, 0.05) is 17.1 Å². The number of aryl methyl sites for hydroxylation is 1. The number of rotatable bonds is 5. The normalized spacial score (nSPS) is 12.4. The summed E-state index contributed by atoms with van der Waals surface area (Å²) >= 11 is 3.47. The molecule has 19 heavy (non-hydrogen) atoms. The van der Waals surface area contributed by atoms with Crippen molar-refractivity contribution in [3.63, 3.8) is 0 Å². The summed E-state index contributed by atoms with van der Waals surface area (Å²) in [6.07, 6.45) is 4.38. The summed E-state index contributed by atoms with van der Waals surface area (Å²) in [5.74, 6) is 1.58. The smallest absolute Gasteiger partial charge is 0.165 e. The third-order valence-electron chi connectivity index (χ3n) is 2.73. The van der Waals surface area contributed by atoms with Gasteiger partial charge in [-0.25, -0.2) is 0 Å². The first-order valence-electron chi connectivity index (χ1n) is 6.32. The SMILES string of the molecule is CCn1cc(Oc2ccc(Br)cc2CC(C)N)cn1. The highest BCUT2D eigenvalue weighted by molar-refractivity contribution is 9.10. The van der Waals surface area contributed by atoms with Gasteiger partial charge in [0.25, 0.3) is 0 Å². The highest BCUT2D eigenvalue weighted by atomic mass is 79.9. The summed E-state index contributed by atoms with van der Waals surface area (Å²) in [4.78, 5) is 0. The lowest BCUT2D eigenvalue weighted by Gasteiger charge is -2.12. The van der Waals surface area contributed by atoms with Crippen LogP contribution < -0.4 is 10.5 Å². The fourth-order valence-corrected chi connectivity index (χ4v) is 2.26. The molecule has 0 aliphatic rings. The van der Waals surface area contributed by atoms with Crippen molar-refractivity contribution in [1.82, 2.24) is 9.78 Å². The van der Waals surface area contributed by atoms with Crippen molar-refractivity contribution in [2.45, 2.75) is 32.9 Å². The lowest BCUT2D eigenvalue weighted by atomic mass is 10.1. The molecule has 1 unspecified atom stereocenters. The Morgan fingerprint density at radius 2 is 2.26 bits per heavy atom. The average molecular weight is 324 g/mol. The molecule has 0 saturated heterocycles. The summed E-state index contributed by atoms with van der Waals surface area (Å²) < 4.78 is 8.75. The molecule has 1 aromatic carbocycles. The molecule has 5 heteroatoms. The van der Waals surface area contributed by atoms with Crippen LogP contribution in [0.5, 0.6) is 11.5 Å². The Morgan fingerprint density at radius 1 is 1.47 bits per heavy atom. The molecule has 1 aromatic heterocycles. The second-order valence-corrected chi connectivity index (χ2v) is 5.48. The molecule has 0 aliphatic carbocycles. The zero-order valence-electron chi connectivity index (χ0n) is 11.1. The number of hydrogen-bond donors (Lipinski definition) is 1. The Labute approximate surface area is 121 Å². The van der Waals surface area contributed by atoms with E-state index in [1.807, 2.05) is 42.9 Å². The summed E-state index contributed by atoms with van der Waals surface area (Å²) in [5.41, 5.74) is 6.97. The van der Waals surface area contributed by atoms with Gasteiger partial charge in [0.15, 0.2) is 5.75 Å². The fraction of sp³-hybridized carbons (Fsp3) is 0.357. The molecule has 0 aliphatic heterocycles. The minimum absolute atomic E-state index is 0.0926. The number of benzene rings is 1. The van der Waals surface area contributed by atoms with E-state index in [4.69, 9.17) is 10.5 Å². The first-order chi connectivity index (χ1) is 9.08. The van der Waals surface area contributed by atoms with Gasteiger partial charge in [-0.1, -0.05) is 15.9 Å². The van der Waals surface area contributed by atoms with E-state index in [2.05, 4.69) is 21.0 Å². The molecule has 102 valence electrons. The second-order valence-electron chi connectivity index (χ2n) is 4.57. The first-order valence-corrected chi connectivity index (χ1v) is 7.12. The predicted molar refractivity (Wildman–Crippen MR) is 79.5 cm³/mol. The molecule has 2 aromatic rings. The molecular weight excluding hydrogens is 306 g/mol. The monoisotopic (exact) mass is 323 g/mol. The van der Waals surface area contributed by atoms with Crippen molar-refractivity contribution in [2.24, 2.45) is 5.73 Å². The third-order valence-corrected chi connectivity index (χ3v) is 3.22. The maximum absolute atomic E-state index is 5.89. The van der Waals surface area contributed by atoms with Gasteiger partial charge in [-0.15, -0.1) is 0 Å². The first kappa shape index (κ1) is 14.1. The highest BCUT2D eigenvalue weighted by Gasteiger charge is 2.09. The molecule has 0 bridgehead atoms. The van der Waals surface area contributed by atoms with Crippen molar-refractivity contribution in [3.8, 4) is 11.5 Å². The van der Waals surface area contributed by atoms with E-state index in [9.17, 15) is 0 Å². The maximum Gasteiger partial charge on any atom is 0.165 e. The van der Waals surface area contributed by atoms with E-state index in [0.717, 1.165) is 34.5 Å². The van der Waals surface area contributed by atoms with Gasteiger partial charge in [-0.2, -0.15) is 5.10 Å². The largest absolute Gasteiger partial charge is 0.454 e. The fourth-order valence-electron chi connectivity index (χ4n) is 1.85. The molecular formula is C14H18BrN3O. The van der Waals surface area contributed by atoms with Gasteiger partial charge in [0.05, 0.1) is 12.4 Å². The zero-order chi connectivity index (χ0) is 13.8. The van der Waals surface area contributed by atoms with Gasteiger partial charge in [-0.3, -0.25) is 4.68 Å². The number of nitrogens with two attached hydrogens (primary N) is 1. The maximum atomic E-state index is 5.89. The summed E-state index contributed by atoms with van der Waals surface area (Å²) in [6, 6.07) is 6.05. The van der Waals surface area contributed by atoms with Crippen LogP contribution in [0, 0.1) is 0 Å². The van der Waals surface area contributed by atoms with Crippen molar-refractivity contribution in [3.05, 3.63) is 40.6 Å². The van der Waals surface area contributed by atoms with Crippen LogP contribution in [0.25, 0.3) is 0 Å². The number of aromatic nitrogens is 2. The van der Waals surface area contributed by atoms with Gasteiger partial charge in [-0.05, 0) is 44.0 Å². The van der Waals surface area contributed by atoms with E-state index >= 15 is 0 Å². The topological polar surface area (TPSA) is 53.1 Å². The van der Waals surface area contributed by atoms with Crippen LogP contribution in [0.1, 0.15) is 19.4 Å². The van der Waals surface area contributed by atoms with Crippen LogP contribution in [-0.4, -0.2) is 15.8 Å². The Bertz CT molecular complexity index is 551. The molecule has 2 rings (SSSR count). The van der Waals surface area contributed by atoms with Crippen molar-refractivity contribution in [2.75, 3.05) is 0 Å². The van der Waals surface area contributed by atoms with Crippen LogP contribution in [0.3, 0.4) is 0 Å². The summed E-state index contributed by atoms with van der Waals surface area (Å²) in [5, 5.41) is 4.20. The second kappa shape index (κ2) is 6.21. The molecule has 0 radical (unpaired) electrons. The van der Waals surface area contributed by atoms with E-state index in [1.54, 1.807) is 6.20 Å². The van der Waals surface area contributed by atoms with Crippen LogP contribution in [0.15, 0.2) is 35.1 Å². The molecule has 2 N–H and O–H groups in total. The number of halogens is 1. The highest BCUT2D eigenvalue weighted by Crippen LogP contribution is 2.28. The molecule has 0 fully saturated rings. The van der Waals surface area contributed by atoms with Gasteiger partial charge in [0.2, 0.25) is 0 Å². The quantitative estimate of drug-likeness (QED) is 0.918. The summed E-state index contributed by atoms with van der Waals surface area (Å²) in [7, 11) is 0. The van der Waals surface area contributed by atoms with Crippen molar-refractivity contribution < 1.29 is 4.74 Å². The molecule has 0 amide bonds. The standard InChI is InChI=1S/C14H18BrN3O/c1-3-18-9-13(8-17-18)19-14-5-4-12(15)7-11(14)6-10(2)16/h4-5,7-10H,3,6,16H2,1-2H3. The lowest BCUT2D eigenvalue weighted by molar-refractivity contribution is 0.472. The zero-order valence-corrected chi connectivity index (χ0v) is 12.7. The number of nitrogens with zero attached hydrogens (tertiary/aromatic N) is 2. The van der Waals surface area contributed by atoms with Crippen LogP contribution in [0.4, 0.5) is 0 Å². The number of hydrogen-bond acceptors (Lipinski definition) is 3. The van der Waals surface area contributed by atoms with Crippen molar-refractivity contribution >= 4 is 15.9 Å².